The minimum Gasteiger partial charge on any atom is -0.345 e. The van der Waals surface area contributed by atoms with Crippen LogP contribution >= 0.6 is 15.9 Å². The number of rotatable bonds is 7. The van der Waals surface area contributed by atoms with Gasteiger partial charge in [0.2, 0.25) is 11.8 Å². The molecule has 0 saturated carbocycles. The molecule has 2 aromatic rings. The Hall–Kier alpha value is -2.87. The van der Waals surface area contributed by atoms with E-state index in [0.717, 1.165) is 21.2 Å². The van der Waals surface area contributed by atoms with Crippen LogP contribution in [0.2, 0.25) is 0 Å². The van der Waals surface area contributed by atoms with E-state index in [4.69, 9.17) is 0 Å². The Morgan fingerprint density at radius 3 is 2.21 bits per heavy atom. The molecule has 0 unspecified atom stereocenters. The number of urea groups is 1. The number of anilines is 1. The summed E-state index contributed by atoms with van der Waals surface area (Å²) in [4.78, 5) is 35.5. The molecule has 0 spiro atoms. The Balaban J connectivity index is 1.65. The Kier molecular flexibility index (Phi) is 8.01. The number of carbonyl (C=O) groups is 3. The molecule has 7 nitrogen and oxygen atoms in total. The van der Waals surface area contributed by atoms with Crippen LogP contribution < -0.4 is 21.3 Å². The maximum atomic E-state index is 11.9. The molecule has 2 aromatic carbocycles. The van der Waals surface area contributed by atoms with Gasteiger partial charge in [0, 0.05) is 16.7 Å². The van der Waals surface area contributed by atoms with Crippen molar-refractivity contribution in [2.45, 2.75) is 20.4 Å². The molecule has 0 atom stereocenters. The van der Waals surface area contributed by atoms with Crippen LogP contribution in [0, 0.1) is 13.8 Å². The van der Waals surface area contributed by atoms with E-state index < -0.39 is 11.9 Å². The molecular formula is C20H23BrN4O3. The Morgan fingerprint density at radius 1 is 0.857 bits per heavy atom. The van der Waals surface area contributed by atoms with Gasteiger partial charge < -0.3 is 21.3 Å². The second-order valence-electron chi connectivity index (χ2n) is 6.31. The Labute approximate surface area is 172 Å². The molecule has 0 aliphatic carbocycles. The first-order valence-corrected chi connectivity index (χ1v) is 9.53. The van der Waals surface area contributed by atoms with Crippen molar-refractivity contribution in [3.05, 3.63) is 63.6 Å². The zero-order valence-corrected chi connectivity index (χ0v) is 17.4. The predicted molar refractivity (Wildman–Crippen MR) is 112 cm³/mol. The molecule has 4 amide bonds. The fourth-order valence-corrected chi connectivity index (χ4v) is 2.79. The minimum absolute atomic E-state index is 0.180. The van der Waals surface area contributed by atoms with Gasteiger partial charge in [-0.15, -0.1) is 0 Å². The number of halogens is 1. The zero-order chi connectivity index (χ0) is 20.5. The van der Waals surface area contributed by atoms with Crippen LogP contribution in [0.5, 0.6) is 0 Å². The molecule has 148 valence electrons. The summed E-state index contributed by atoms with van der Waals surface area (Å²) in [5, 5.41) is 10.3. The highest BCUT2D eigenvalue weighted by atomic mass is 79.9. The predicted octanol–water partition coefficient (Wildman–Crippen LogP) is 2.62. The van der Waals surface area contributed by atoms with Crippen molar-refractivity contribution in [3.8, 4) is 0 Å². The van der Waals surface area contributed by atoms with E-state index in [1.807, 2.05) is 50.2 Å². The monoisotopic (exact) mass is 446 g/mol. The average Bonchev–Trinajstić information content (AvgIpc) is 2.66. The number of nitrogens with one attached hydrogen (secondary N) is 4. The van der Waals surface area contributed by atoms with Crippen LogP contribution in [0.15, 0.2) is 46.9 Å². The average molecular weight is 447 g/mol. The van der Waals surface area contributed by atoms with Crippen LogP contribution in [-0.4, -0.2) is 30.9 Å². The summed E-state index contributed by atoms with van der Waals surface area (Å²) in [5.74, 6) is -0.796. The third kappa shape index (κ3) is 7.40. The van der Waals surface area contributed by atoms with Crippen molar-refractivity contribution in [2.75, 3.05) is 18.4 Å². The summed E-state index contributed by atoms with van der Waals surface area (Å²) in [5.41, 5.74) is 3.69. The van der Waals surface area contributed by atoms with Crippen molar-refractivity contribution >= 4 is 39.5 Å². The van der Waals surface area contributed by atoms with Crippen molar-refractivity contribution < 1.29 is 14.4 Å². The molecular weight excluding hydrogens is 424 g/mol. The molecule has 0 bridgehead atoms. The Bertz CT molecular complexity index is 853. The van der Waals surface area contributed by atoms with Gasteiger partial charge in [0.15, 0.2) is 0 Å². The van der Waals surface area contributed by atoms with E-state index >= 15 is 0 Å². The van der Waals surface area contributed by atoms with E-state index in [1.54, 1.807) is 6.07 Å². The number of hydrogen-bond donors (Lipinski definition) is 4. The van der Waals surface area contributed by atoms with Crippen LogP contribution in [0.25, 0.3) is 0 Å². The van der Waals surface area contributed by atoms with Gasteiger partial charge in [-0.3, -0.25) is 9.59 Å². The fraction of sp³-hybridized carbons (Fsp3) is 0.250. The number of hydrogen-bond acceptors (Lipinski definition) is 3. The topological polar surface area (TPSA) is 99.3 Å². The summed E-state index contributed by atoms with van der Waals surface area (Å²) < 4.78 is 0.919. The largest absolute Gasteiger partial charge is 0.345 e. The molecule has 8 heteroatoms. The number of aryl methyl sites for hydroxylation is 2. The molecule has 0 saturated heterocycles. The van der Waals surface area contributed by atoms with E-state index in [9.17, 15) is 14.4 Å². The van der Waals surface area contributed by atoms with Gasteiger partial charge >= 0.3 is 6.03 Å². The molecule has 0 radical (unpaired) electrons. The van der Waals surface area contributed by atoms with Crippen molar-refractivity contribution in [1.29, 1.82) is 0 Å². The third-order valence-corrected chi connectivity index (χ3v) is 4.39. The lowest BCUT2D eigenvalue weighted by atomic mass is 10.1. The molecule has 0 aliphatic rings. The lowest BCUT2D eigenvalue weighted by Crippen LogP contribution is -2.43. The first-order chi connectivity index (χ1) is 13.3. The van der Waals surface area contributed by atoms with Crippen molar-refractivity contribution in [3.63, 3.8) is 0 Å². The normalized spacial score (nSPS) is 10.1. The zero-order valence-electron chi connectivity index (χ0n) is 15.8. The summed E-state index contributed by atoms with van der Waals surface area (Å²) >= 11 is 3.36. The van der Waals surface area contributed by atoms with Crippen molar-refractivity contribution in [1.82, 2.24) is 16.0 Å². The molecule has 2 rings (SSSR count). The molecule has 4 N–H and O–H groups in total. The van der Waals surface area contributed by atoms with Crippen LogP contribution in [0.1, 0.15) is 16.7 Å². The molecule has 0 heterocycles. The summed E-state index contributed by atoms with van der Waals surface area (Å²) in [6.07, 6.45) is 0. The van der Waals surface area contributed by atoms with E-state index in [1.165, 1.54) is 0 Å². The van der Waals surface area contributed by atoms with Gasteiger partial charge in [-0.1, -0.05) is 45.8 Å². The highest BCUT2D eigenvalue weighted by Gasteiger charge is 2.09. The first-order valence-electron chi connectivity index (χ1n) is 8.73. The molecule has 0 fully saturated rings. The summed E-state index contributed by atoms with van der Waals surface area (Å²) in [7, 11) is 0. The fourth-order valence-electron chi connectivity index (χ4n) is 2.31. The van der Waals surface area contributed by atoms with Gasteiger partial charge in [0.1, 0.15) is 0 Å². The summed E-state index contributed by atoms with van der Waals surface area (Å²) in [6, 6.07) is 12.8. The van der Waals surface area contributed by atoms with Gasteiger partial charge in [-0.2, -0.15) is 0 Å². The number of benzene rings is 2. The third-order valence-electron chi connectivity index (χ3n) is 3.89. The van der Waals surface area contributed by atoms with Gasteiger partial charge in [-0.25, -0.2) is 4.79 Å². The lowest BCUT2D eigenvalue weighted by molar-refractivity contribution is -0.123. The molecule has 0 aliphatic heterocycles. The van der Waals surface area contributed by atoms with E-state index in [-0.39, 0.29) is 19.0 Å². The minimum atomic E-state index is -0.453. The maximum absolute atomic E-state index is 11.9. The standard InChI is InChI=1S/C20H23BrN4O3/c1-13-3-5-15(6-4-13)10-23-20(28)24-11-18(26)22-12-19(27)25-17-8-7-16(21)9-14(17)2/h3-9H,10-12H2,1-2H3,(H,22,26)(H,25,27)(H2,23,24,28). The smallest absolute Gasteiger partial charge is 0.315 e. The van der Waals surface area contributed by atoms with Crippen LogP contribution in [0.3, 0.4) is 0 Å². The van der Waals surface area contributed by atoms with Gasteiger partial charge in [0.25, 0.3) is 0 Å². The SMILES string of the molecule is Cc1ccc(CNC(=O)NCC(=O)NCC(=O)Nc2ccc(Br)cc2C)cc1. The summed E-state index contributed by atoms with van der Waals surface area (Å²) in [6.45, 7) is 3.83. The molecule has 0 aromatic heterocycles. The van der Waals surface area contributed by atoms with Crippen LogP contribution in [-0.2, 0) is 16.1 Å². The van der Waals surface area contributed by atoms with Crippen molar-refractivity contribution in [2.24, 2.45) is 0 Å². The van der Waals surface area contributed by atoms with Gasteiger partial charge in [-0.05, 0) is 43.2 Å². The second-order valence-corrected chi connectivity index (χ2v) is 7.22. The van der Waals surface area contributed by atoms with Gasteiger partial charge in [0.05, 0.1) is 13.1 Å². The highest BCUT2D eigenvalue weighted by molar-refractivity contribution is 9.10. The number of amides is 4. The van der Waals surface area contributed by atoms with Crippen LogP contribution in [0.4, 0.5) is 10.5 Å². The van der Waals surface area contributed by atoms with E-state index in [0.29, 0.717) is 12.2 Å². The quantitative estimate of drug-likeness (QED) is 0.525. The van der Waals surface area contributed by atoms with E-state index in [2.05, 4.69) is 37.2 Å². The lowest BCUT2D eigenvalue weighted by Gasteiger charge is -2.10. The second kappa shape index (κ2) is 10.5. The Morgan fingerprint density at radius 2 is 1.54 bits per heavy atom. The number of carbonyl (C=O) groups excluding carboxylic acids is 3. The maximum Gasteiger partial charge on any atom is 0.315 e. The first kappa shape index (κ1) is 21.4. The molecule has 28 heavy (non-hydrogen) atoms. The highest BCUT2D eigenvalue weighted by Crippen LogP contribution is 2.19.